The number of anilines is 2. The zero-order chi connectivity index (χ0) is 13.1. The number of nitrogens with one attached hydrogen (secondary N) is 1. The Kier molecular flexibility index (Phi) is 4.01. The van der Waals surface area contributed by atoms with Gasteiger partial charge in [0.05, 0.1) is 16.9 Å². The van der Waals surface area contributed by atoms with Crippen LogP contribution >= 0.6 is 11.8 Å². The number of rotatable bonds is 4. The van der Waals surface area contributed by atoms with Crippen molar-refractivity contribution in [2.24, 2.45) is 5.73 Å². The van der Waals surface area contributed by atoms with Gasteiger partial charge in [-0.2, -0.15) is 11.8 Å². The first-order valence-electron chi connectivity index (χ1n) is 6.09. The second kappa shape index (κ2) is 5.52. The number of hydrogen-bond donors (Lipinski definition) is 3. The van der Waals surface area contributed by atoms with Crippen molar-refractivity contribution in [3.8, 4) is 0 Å². The molecule has 5 heteroatoms. The van der Waals surface area contributed by atoms with E-state index in [2.05, 4.69) is 11.6 Å². The van der Waals surface area contributed by atoms with Gasteiger partial charge in [0.15, 0.2) is 0 Å². The van der Waals surface area contributed by atoms with E-state index in [1.54, 1.807) is 18.2 Å². The Hall–Kier alpha value is -1.36. The lowest BCUT2D eigenvalue weighted by Crippen LogP contribution is -2.21. The monoisotopic (exact) mass is 265 g/mol. The van der Waals surface area contributed by atoms with Crippen LogP contribution in [0, 0.1) is 0 Å². The number of nitrogens with two attached hydrogens (primary N) is 2. The van der Waals surface area contributed by atoms with Crippen LogP contribution in [-0.4, -0.2) is 23.5 Å². The van der Waals surface area contributed by atoms with Crippen molar-refractivity contribution in [1.29, 1.82) is 0 Å². The van der Waals surface area contributed by atoms with Gasteiger partial charge in [0.1, 0.15) is 0 Å². The van der Waals surface area contributed by atoms with Crippen molar-refractivity contribution >= 4 is 29.0 Å². The Morgan fingerprint density at radius 2 is 2.22 bits per heavy atom. The van der Waals surface area contributed by atoms with Crippen LogP contribution in [0.1, 0.15) is 29.6 Å². The van der Waals surface area contributed by atoms with Gasteiger partial charge in [-0.05, 0) is 37.7 Å². The molecule has 1 aromatic carbocycles. The summed E-state index contributed by atoms with van der Waals surface area (Å²) in [4.78, 5) is 11.4. The standard InChI is InChI=1S/C13H19N3OS/c1-18-9-6-5-8(7-9)16-12-10(13(15)17)3-2-4-11(12)14/h2-4,8-9,16H,5-7,14H2,1H3,(H2,15,17). The molecule has 2 atom stereocenters. The normalized spacial score (nSPS) is 22.9. The molecule has 1 amide bonds. The van der Waals surface area contributed by atoms with E-state index >= 15 is 0 Å². The molecule has 18 heavy (non-hydrogen) atoms. The molecule has 1 aliphatic carbocycles. The van der Waals surface area contributed by atoms with Gasteiger partial charge in [0.2, 0.25) is 0 Å². The summed E-state index contributed by atoms with van der Waals surface area (Å²) < 4.78 is 0. The lowest BCUT2D eigenvalue weighted by Gasteiger charge is -2.18. The van der Waals surface area contributed by atoms with Gasteiger partial charge in [0.25, 0.3) is 5.91 Å². The third kappa shape index (κ3) is 2.72. The van der Waals surface area contributed by atoms with Crippen LogP contribution in [0.4, 0.5) is 11.4 Å². The van der Waals surface area contributed by atoms with Crippen molar-refractivity contribution in [2.45, 2.75) is 30.6 Å². The van der Waals surface area contributed by atoms with E-state index in [-0.39, 0.29) is 0 Å². The van der Waals surface area contributed by atoms with E-state index in [9.17, 15) is 4.79 Å². The maximum atomic E-state index is 11.4. The van der Waals surface area contributed by atoms with Gasteiger partial charge in [-0.3, -0.25) is 4.79 Å². The molecule has 0 radical (unpaired) electrons. The minimum absolute atomic E-state index is 0.380. The number of amides is 1. The minimum Gasteiger partial charge on any atom is -0.397 e. The molecule has 0 bridgehead atoms. The smallest absolute Gasteiger partial charge is 0.250 e. The predicted octanol–water partition coefficient (Wildman–Crippen LogP) is 2.06. The van der Waals surface area contributed by atoms with E-state index < -0.39 is 5.91 Å². The van der Waals surface area contributed by atoms with E-state index in [1.807, 2.05) is 11.8 Å². The fourth-order valence-electron chi connectivity index (χ4n) is 2.43. The third-order valence-electron chi connectivity index (χ3n) is 3.43. The number of carbonyl (C=O) groups excluding carboxylic acids is 1. The summed E-state index contributed by atoms with van der Waals surface area (Å²) >= 11 is 1.90. The quantitative estimate of drug-likeness (QED) is 0.728. The Balaban J connectivity index is 2.16. The highest BCUT2D eigenvalue weighted by atomic mass is 32.2. The summed E-state index contributed by atoms with van der Waals surface area (Å²) in [5.41, 5.74) is 13.0. The van der Waals surface area contributed by atoms with Crippen molar-refractivity contribution in [3.05, 3.63) is 23.8 Å². The molecule has 4 nitrogen and oxygen atoms in total. The maximum absolute atomic E-state index is 11.4. The van der Waals surface area contributed by atoms with Crippen LogP contribution in [0.3, 0.4) is 0 Å². The molecule has 1 aromatic rings. The van der Waals surface area contributed by atoms with Crippen LogP contribution in [0.15, 0.2) is 18.2 Å². The van der Waals surface area contributed by atoms with Gasteiger partial charge in [-0.25, -0.2) is 0 Å². The lowest BCUT2D eigenvalue weighted by atomic mass is 10.1. The number of benzene rings is 1. The Labute approximate surface area is 111 Å². The molecule has 1 aliphatic rings. The molecule has 5 N–H and O–H groups in total. The molecule has 2 rings (SSSR count). The van der Waals surface area contributed by atoms with Crippen LogP contribution in [0.2, 0.25) is 0 Å². The molecule has 0 saturated heterocycles. The molecule has 0 aromatic heterocycles. The first-order chi connectivity index (χ1) is 8.61. The van der Waals surface area contributed by atoms with Crippen LogP contribution in [-0.2, 0) is 0 Å². The summed E-state index contributed by atoms with van der Waals surface area (Å²) in [6.45, 7) is 0. The number of para-hydroxylation sites is 1. The fraction of sp³-hybridized carbons (Fsp3) is 0.462. The highest BCUT2D eigenvalue weighted by molar-refractivity contribution is 7.99. The average Bonchev–Trinajstić information content (AvgIpc) is 2.79. The van der Waals surface area contributed by atoms with Crippen molar-refractivity contribution < 1.29 is 4.79 Å². The van der Waals surface area contributed by atoms with Gasteiger partial charge < -0.3 is 16.8 Å². The second-order valence-corrected chi connectivity index (χ2v) is 5.78. The third-order valence-corrected chi connectivity index (χ3v) is 4.52. The van der Waals surface area contributed by atoms with Crippen molar-refractivity contribution in [1.82, 2.24) is 0 Å². The SMILES string of the molecule is CSC1CCC(Nc2c(N)cccc2C(N)=O)C1. The number of hydrogen-bond acceptors (Lipinski definition) is 4. The average molecular weight is 265 g/mol. The lowest BCUT2D eigenvalue weighted by molar-refractivity contribution is 0.100. The summed E-state index contributed by atoms with van der Waals surface area (Å²) in [5.74, 6) is -0.441. The first kappa shape index (κ1) is 13.1. The molecular weight excluding hydrogens is 246 g/mol. The molecular formula is C13H19N3OS. The van der Waals surface area contributed by atoms with Gasteiger partial charge in [-0.1, -0.05) is 6.07 Å². The predicted molar refractivity (Wildman–Crippen MR) is 77.9 cm³/mol. The summed E-state index contributed by atoms with van der Waals surface area (Å²) in [7, 11) is 0. The largest absolute Gasteiger partial charge is 0.397 e. The van der Waals surface area contributed by atoms with Gasteiger partial charge in [0, 0.05) is 11.3 Å². The van der Waals surface area contributed by atoms with E-state index in [4.69, 9.17) is 11.5 Å². The fourth-order valence-corrected chi connectivity index (χ4v) is 3.22. The highest BCUT2D eigenvalue weighted by Gasteiger charge is 2.25. The number of carbonyl (C=O) groups is 1. The van der Waals surface area contributed by atoms with Crippen LogP contribution in [0.25, 0.3) is 0 Å². The summed E-state index contributed by atoms with van der Waals surface area (Å²) in [6.07, 6.45) is 5.56. The van der Waals surface area contributed by atoms with Gasteiger partial charge >= 0.3 is 0 Å². The van der Waals surface area contributed by atoms with Crippen molar-refractivity contribution in [2.75, 3.05) is 17.3 Å². The Bertz CT molecular complexity index is 450. The Morgan fingerprint density at radius 3 is 2.83 bits per heavy atom. The zero-order valence-electron chi connectivity index (χ0n) is 10.5. The molecule has 0 heterocycles. The van der Waals surface area contributed by atoms with Crippen LogP contribution < -0.4 is 16.8 Å². The maximum Gasteiger partial charge on any atom is 0.250 e. The number of nitrogen functional groups attached to an aromatic ring is 1. The molecule has 2 unspecified atom stereocenters. The topological polar surface area (TPSA) is 81.1 Å². The number of primary amides is 1. The molecule has 1 fully saturated rings. The van der Waals surface area contributed by atoms with Gasteiger partial charge in [-0.15, -0.1) is 0 Å². The summed E-state index contributed by atoms with van der Waals surface area (Å²) in [6, 6.07) is 5.63. The molecule has 1 saturated carbocycles. The number of thioether (sulfide) groups is 1. The summed E-state index contributed by atoms with van der Waals surface area (Å²) in [5, 5.41) is 4.08. The van der Waals surface area contributed by atoms with E-state index in [1.165, 1.54) is 6.42 Å². The van der Waals surface area contributed by atoms with Crippen molar-refractivity contribution in [3.63, 3.8) is 0 Å². The minimum atomic E-state index is -0.441. The second-order valence-electron chi connectivity index (χ2n) is 4.65. The van der Waals surface area contributed by atoms with Crippen LogP contribution in [0.5, 0.6) is 0 Å². The van der Waals surface area contributed by atoms with E-state index in [0.717, 1.165) is 12.8 Å². The molecule has 0 aliphatic heterocycles. The Morgan fingerprint density at radius 1 is 1.44 bits per heavy atom. The molecule has 98 valence electrons. The first-order valence-corrected chi connectivity index (χ1v) is 7.38. The highest BCUT2D eigenvalue weighted by Crippen LogP contribution is 2.32. The zero-order valence-corrected chi connectivity index (χ0v) is 11.3. The molecule has 0 spiro atoms. The van der Waals surface area contributed by atoms with E-state index in [0.29, 0.717) is 28.2 Å².